The third kappa shape index (κ3) is 5.71. The molecule has 0 aliphatic heterocycles. The molecule has 0 atom stereocenters. The summed E-state index contributed by atoms with van der Waals surface area (Å²) in [6.45, 7) is -1.95. The number of carbonyl (C=O) groups excluding carboxylic acids is 1. The van der Waals surface area contributed by atoms with Crippen molar-refractivity contribution in [3.63, 3.8) is 0 Å². The van der Waals surface area contributed by atoms with Gasteiger partial charge in [-0.05, 0) is 12.3 Å². The van der Waals surface area contributed by atoms with E-state index in [1.807, 2.05) is 0 Å². The van der Waals surface area contributed by atoms with Crippen LogP contribution >= 0.6 is 0 Å². The predicted molar refractivity (Wildman–Crippen MR) is 60.9 cm³/mol. The summed E-state index contributed by atoms with van der Waals surface area (Å²) in [6, 6.07) is 0. The van der Waals surface area contributed by atoms with E-state index < -0.39 is 25.2 Å². The highest BCUT2D eigenvalue weighted by Gasteiger charge is 2.32. The van der Waals surface area contributed by atoms with E-state index in [-0.39, 0.29) is 13.0 Å². The highest BCUT2D eigenvalue weighted by Crippen LogP contribution is 2.29. The number of hydrogen-bond donors (Lipinski definition) is 1. The first-order chi connectivity index (χ1) is 8.42. The average Bonchev–Trinajstić information content (AvgIpc) is 2.76. The van der Waals surface area contributed by atoms with Crippen LogP contribution in [0.2, 0.25) is 0 Å². The third-order valence-electron chi connectivity index (χ3n) is 3.33. The maximum Gasteiger partial charge on any atom is 0.406 e. The van der Waals surface area contributed by atoms with E-state index in [0.29, 0.717) is 17.2 Å². The average molecular weight is 267 g/mol. The first-order valence-electron chi connectivity index (χ1n) is 6.38. The molecule has 0 spiro atoms. The third-order valence-corrected chi connectivity index (χ3v) is 3.33. The van der Waals surface area contributed by atoms with Crippen LogP contribution in [0.25, 0.3) is 0 Å². The summed E-state index contributed by atoms with van der Waals surface area (Å²) in [4.78, 5) is 12.4. The molecule has 0 aromatic carbocycles. The molecule has 0 aromatic heterocycles. The molecule has 0 aromatic rings. The number of halogens is 3. The summed E-state index contributed by atoms with van der Waals surface area (Å²) in [7, 11) is 0. The smallest absolute Gasteiger partial charge is 0.395 e. The maximum absolute atomic E-state index is 12.3. The summed E-state index contributed by atoms with van der Waals surface area (Å²) in [5, 5.41) is 8.70. The van der Waals surface area contributed by atoms with Crippen LogP contribution < -0.4 is 0 Å². The monoisotopic (exact) mass is 267 g/mol. The molecule has 1 aliphatic rings. The molecular formula is C12H20F3NO2. The molecule has 1 fully saturated rings. The van der Waals surface area contributed by atoms with E-state index in [0.717, 1.165) is 25.7 Å². The molecule has 1 aliphatic carbocycles. The zero-order valence-electron chi connectivity index (χ0n) is 10.4. The van der Waals surface area contributed by atoms with E-state index in [1.54, 1.807) is 0 Å². The van der Waals surface area contributed by atoms with Gasteiger partial charge in [-0.3, -0.25) is 4.79 Å². The van der Waals surface area contributed by atoms with E-state index in [1.165, 1.54) is 0 Å². The topological polar surface area (TPSA) is 40.5 Å². The van der Waals surface area contributed by atoms with Crippen LogP contribution in [0.3, 0.4) is 0 Å². The van der Waals surface area contributed by atoms with E-state index in [4.69, 9.17) is 5.11 Å². The molecule has 106 valence electrons. The van der Waals surface area contributed by atoms with E-state index in [2.05, 4.69) is 0 Å². The molecule has 3 nitrogen and oxygen atoms in total. The lowest BCUT2D eigenvalue weighted by Crippen LogP contribution is -2.40. The van der Waals surface area contributed by atoms with Crippen molar-refractivity contribution < 1.29 is 23.1 Å². The van der Waals surface area contributed by atoms with Crippen LogP contribution in [0.15, 0.2) is 0 Å². The van der Waals surface area contributed by atoms with Gasteiger partial charge in [0.1, 0.15) is 6.54 Å². The Kier molecular flexibility index (Phi) is 5.91. The van der Waals surface area contributed by atoms with Crippen LogP contribution in [0.5, 0.6) is 0 Å². The Balaban J connectivity index is 2.38. The lowest BCUT2D eigenvalue weighted by Gasteiger charge is -2.23. The fourth-order valence-electron chi connectivity index (χ4n) is 2.41. The number of aliphatic hydroxyl groups excluding tert-OH is 1. The van der Waals surface area contributed by atoms with Crippen LogP contribution in [0.4, 0.5) is 13.2 Å². The minimum atomic E-state index is -4.40. The van der Waals surface area contributed by atoms with Crippen LogP contribution in [-0.4, -0.2) is 41.8 Å². The molecule has 1 amide bonds. The van der Waals surface area contributed by atoms with E-state index >= 15 is 0 Å². The van der Waals surface area contributed by atoms with Crippen molar-refractivity contribution in [2.45, 2.75) is 44.7 Å². The Hall–Kier alpha value is -0.780. The number of carbonyl (C=O) groups is 1. The van der Waals surface area contributed by atoms with Crippen molar-refractivity contribution in [2.75, 3.05) is 19.7 Å². The molecule has 18 heavy (non-hydrogen) atoms. The van der Waals surface area contributed by atoms with Crippen molar-refractivity contribution in [2.24, 2.45) is 5.92 Å². The van der Waals surface area contributed by atoms with E-state index in [9.17, 15) is 18.0 Å². The first-order valence-corrected chi connectivity index (χ1v) is 6.38. The molecule has 0 saturated heterocycles. The summed E-state index contributed by atoms with van der Waals surface area (Å²) in [5.74, 6) is -0.0240. The molecule has 1 rings (SSSR count). The number of alkyl halides is 3. The Morgan fingerprint density at radius 1 is 1.28 bits per heavy atom. The van der Waals surface area contributed by atoms with Crippen molar-refractivity contribution in [3.8, 4) is 0 Å². The van der Waals surface area contributed by atoms with Crippen molar-refractivity contribution >= 4 is 5.91 Å². The minimum Gasteiger partial charge on any atom is -0.395 e. The molecular weight excluding hydrogens is 247 g/mol. The first kappa shape index (κ1) is 15.3. The molecule has 0 heterocycles. The summed E-state index contributed by atoms with van der Waals surface area (Å²) in [6.07, 6.45) is 0.875. The Labute approximate surface area is 105 Å². The molecule has 0 radical (unpaired) electrons. The van der Waals surface area contributed by atoms with Gasteiger partial charge in [-0.2, -0.15) is 13.2 Å². The number of amides is 1. The second-order valence-electron chi connectivity index (χ2n) is 4.84. The molecule has 1 saturated carbocycles. The SMILES string of the molecule is O=C(CCC1CCCC1)N(CCO)CC(F)(F)F. The number of aliphatic hydroxyl groups is 1. The van der Waals surface area contributed by atoms with Crippen molar-refractivity contribution in [1.29, 1.82) is 0 Å². The zero-order valence-corrected chi connectivity index (χ0v) is 10.4. The fraction of sp³-hybridized carbons (Fsp3) is 0.917. The normalized spacial score (nSPS) is 17.1. The van der Waals surface area contributed by atoms with Gasteiger partial charge < -0.3 is 10.0 Å². The van der Waals surface area contributed by atoms with Crippen LogP contribution in [0, 0.1) is 5.92 Å². The van der Waals surface area contributed by atoms with Gasteiger partial charge in [0.05, 0.1) is 6.61 Å². The highest BCUT2D eigenvalue weighted by atomic mass is 19.4. The Morgan fingerprint density at radius 3 is 2.39 bits per heavy atom. The lowest BCUT2D eigenvalue weighted by molar-refractivity contribution is -0.162. The van der Waals surface area contributed by atoms with Gasteiger partial charge in [0, 0.05) is 13.0 Å². The summed E-state index contributed by atoms with van der Waals surface area (Å²) < 4.78 is 36.8. The minimum absolute atomic E-state index is 0.154. The van der Waals surface area contributed by atoms with Gasteiger partial charge in [-0.25, -0.2) is 0 Å². The number of nitrogens with zero attached hydrogens (tertiary/aromatic N) is 1. The fourth-order valence-corrected chi connectivity index (χ4v) is 2.41. The summed E-state index contributed by atoms with van der Waals surface area (Å²) in [5.41, 5.74) is 0. The van der Waals surface area contributed by atoms with Gasteiger partial charge in [0.25, 0.3) is 0 Å². The van der Waals surface area contributed by atoms with Crippen LogP contribution in [0.1, 0.15) is 38.5 Å². The quantitative estimate of drug-likeness (QED) is 0.802. The van der Waals surface area contributed by atoms with Crippen molar-refractivity contribution in [3.05, 3.63) is 0 Å². The maximum atomic E-state index is 12.3. The van der Waals surface area contributed by atoms with Gasteiger partial charge in [-0.15, -0.1) is 0 Å². The number of hydrogen-bond acceptors (Lipinski definition) is 2. The molecule has 0 unspecified atom stereocenters. The molecule has 6 heteroatoms. The largest absolute Gasteiger partial charge is 0.406 e. The highest BCUT2D eigenvalue weighted by molar-refractivity contribution is 5.76. The van der Waals surface area contributed by atoms with Crippen LogP contribution in [-0.2, 0) is 4.79 Å². The van der Waals surface area contributed by atoms with Gasteiger partial charge in [0.2, 0.25) is 5.91 Å². The zero-order chi connectivity index (χ0) is 13.6. The standard InChI is InChI=1S/C12H20F3NO2/c13-12(14,15)9-16(7-8-17)11(18)6-5-10-3-1-2-4-10/h10,17H,1-9H2. The predicted octanol–water partition coefficient (Wildman–Crippen LogP) is 2.34. The van der Waals surface area contributed by atoms with Crippen molar-refractivity contribution in [1.82, 2.24) is 4.90 Å². The van der Waals surface area contributed by atoms with Gasteiger partial charge in [-0.1, -0.05) is 25.7 Å². The van der Waals surface area contributed by atoms with Gasteiger partial charge in [0.15, 0.2) is 0 Å². The Morgan fingerprint density at radius 2 is 1.89 bits per heavy atom. The molecule has 0 bridgehead atoms. The second kappa shape index (κ2) is 6.97. The second-order valence-corrected chi connectivity index (χ2v) is 4.84. The van der Waals surface area contributed by atoms with Gasteiger partial charge >= 0.3 is 6.18 Å². The molecule has 1 N–H and O–H groups in total. The lowest BCUT2D eigenvalue weighted by atomic mass is 10.0. The number of rotatable bonds is 6. The Bertz CT molecular complexity index is 263. The summed E-state index contributed by atoms with van der Waals surface area (Å²) >= 11 is 0.